The van der Waals surface area contributed by atoms with E-state index in [4.69, 9.17) is 9.84 Å². The van der Waals surface area contributed by atoms with Gasteiger partial charge in [0.25, 0.3) is 5.91 Å². The Kier molecular flexibility index (Phi) is 4.47. The highest BCUT2D eigenvalue weighted by Crippen LogP contribution is 2.36. The normalized spacial score (nSPS) is 15.8. The average molecular weight is 338 g/mol. The number of ether oxygens (including phenoxy) is 1. The number of carboxylic acids is 1. The number of benzene rings is 2. The summed E-state index contributed by atoms with van der Waals surface area (Å²) in [6.07, 6.45) is 0.901. The van der Waals surface area contributed by atoms with Gasteiger partial charge >= 0.3 is 5.97 Å². The third-order valence-corrected chi connectivity index (χ3v) is 3.47. The van der Waals surface area contributed by atoms with Gasteiger partial charge in [-0.1, -0.05) is 30.3 Å². The smallest absolute Gasteiger partial charge is 0.328 e. The number of carbonyl (C=O) groups is 3. The number of hydrogen-bond acceptors (Lipinski definition) is 4. The van der Waals surface area contributed by atoms with Crippen molar-refractivity contribution in [3.63, 3.8) is 0 Å². The number of rotatable bonds is 4. The highest BCUT2D eigenvalue weighted by atomic mass is 16.5. The Morgan fingerprint density at radius 1 is 1.12 bits per heavy atom. The number of carboxylic acid groups (broad SMARTS) is 1. The van der Waals surface area contributed by atoms with Crippen LogP contribution < -0.4 is 15.4 Å². The lowest BCUT2D eigenvalue weighted by Crippen LogP contribution is -2.30. The molecule has 1 unspecified atom stereocenters. The molecule has 0 aromatic heterocycles. The molecule has 0 saturated carbocycles. The average Bonchev–Trinajstić information content (AvgIpc) is 2.60. The van der Waals surface area contributed by atoms with Crippen LogP contribution in [0.5, 0.6) is 5.75 Å². The molecule has 7 nitrogen and oxygen atoms in total. The molecule has 2 amide bonds. The Hall–Kier alpha value is -3.61. The first kappa shape index (κ1) is 16.3. The fourth-order valence-electron chi connectivity index (χ4n) is 2.37. The van der Waals surface area contributed by atoms with E-state index in [1.165, 1.54) is 0 Å². The molecule has 3 N–H and O–H groups in total. The first-order valence-electron chi connectivity index (χ1n) is 7.41. The van der Waals surface area contributed by atoms with E-state index in [0.29, 0.717) is 17.1 Å². The number of aliphatic carboxylic acids is 1. The monoisotopic (exact) mass is 338 g/mol. The van der Waals surface area contributed by atoms with Gasteiger partial charge in [-0.15, -0.1) is 0 Å². The second kappa shape index (κ2) is 6.88. The van der Waals surface area contributed by atoms with Crippen molar-refractivity contribution in [3.05, 3.63) is 66.2 Å². The molecule has 0 spiro atoms. The van der Waals surface area contributed by atoms with E-state index in [1.54, 1.807) is 30.3 Å². The van der Waals surface area contributed by atoms with Crippen molar-refractivity contribution in [2.75, 3.05) is 10.6 Å². The second-order valence-corrected chi connectivity index (χ2v) is 5.27. The largest absolute Gasteiger partial charge is 0.478 e. The first-order chi connectivity index (χ1) is 12.0. The number of hydrogen-bond donors (Lipinski definition) is 3. The van der Waals surface area contributed by atoms with Gasteiger partial charge in [0.2, 0.25) is 12.0 Å². The fraction of sp³-hybridized carbons (Fsp3) is 0.0556. The molecular formula is C18H14N2O5. The summed E-state index contributed by atoms with van der Waals surface area (Å²) < 4.78 is 5.75. The zero-order valence-corrected chi connectivity index (χ0v) is 12.9. The highest BCUT2D eigenvalue weighted by Gasteiger charge is 2.29. The van der Waals surface area contributed by atoms with Crippen molar-refractivity contribution in [2.24, 2.45) is 0 Å². The topological polar surface area (TPSA) is 105 Å². The van der Waals surface area contributed by atoms with Crippen LogP contribution in [0.15, 0.2) is 60.7 Å². The molecule has 0 fully saturated rings. The van der Waals surface area contributed by atoms with Crippen molar-refractivity contribution in [3.8, 4) is 5.75 Å². The van der Waals surface area contributed by atoms with Crippen molar-refractivity contribution in [1.82, 2.24) is 0 Å². The van der Waals surface area contributed by atoms with Gasteiger partial charge in [0, 0.05) is 23.4 Å². The van der Waals surface area contributed by atoms with E-state index in [9.17, 15) is 14.4 Å². The van der Waals surface area contributed by atoms with Gasteiger partial charge in [-0.3, -0.25) is 9.59 Å². The number of amides is 2. The fourth-order valence-corrected chi connectivity index (χ4v) is 2.37. The van der Waals surface area contributed by atoms with E-state index in [0.717, 1.165) is 17.7 Å². The van der Waals surface area contributed by atoms with Crippen LogP contribution in [0.4, 0.5) is 11.4 Å². The lowest BCUT2D eigenvalue weighted by atomic mass is 10.1. The van der Waals surface area contributed by atoms with Gasteiger partial charge in [0.1, 0.15) is 5.75 Å². The van der Waals surface area contributed by atoms with Crippen LogP contribution in [-0.2, 0) is 14.4 Å². The molecular weight excluding hydrogens is 324 g/mol. The summed E-state index contributed by atoms with van der Waals surface area (Å²) in [5.41, 5.74) is 1.57. The van der Waals surface area contributed by atoms with Crippen LogP contribution in [0.1, 0.15) is 11.7 Å². The number of carbonyl (C=O) groups excluding carboxylic acids is 2. The summed E-state index contributed by atoms with van der Waals surface area (Å²) >= 11 is 0. The molecule has 1 heterocycles. The van der Waals surface area contributed by atoms with Crippen LogP contribution in [0, 0.1) is 0 Å². The van der Waals surface area contributed by atoms with Gasteiger partial charge in [0.05, 0.1) is 5.69 Å². The molecule has 126 valence electrons. The summed E-state index contributed by atoms with van der Waals surface area (Å²) in [4.78, 5) is 34.3. The van der Waals surface area contributed by atoms with Gasteiger partial charge in [0.15, 0.2) is 0 Å². The number of anilines is 2. The minimum atomic E-state index is -1.21. The molecule has 0 aliphatic carbocycles. The zero-order chi connectivity index (χ0) is 17.8. The maximum Gasteiger partial charge on any atom is 0.328 e. The predicted molar refractivity (Wildman–Crippen MR) is 90.3 cm³/mol. The SMILES string of the molecule is O=C(O)/C=C/C(=O)Nc1ccc2c(c1)NC(=O)C(c1ccccc1)O2. The van der Waals surface area contributed by atoms with E-state index in [2.05, 4.69) is 10.6 Å². The summed E-state index contributed by atoms with van der Waals surface area (Å²) in [5, 5.41) is 13.8. The minimum absolute atomic E-state index is 0.312. The standard InChI is InChI=1S/C18H14N2O5/c21-15(8-9-16(22)23)19-12-6-7-14-13(10-12)20-18(24)17(25-14)11-4-2-1-3-5-11/h1-10,17H,(H,19,21)(H,20,24)(H,22,23)/b9-8+. The summed E-state index contributed by atoms with van der Waals surface area (Å²) in [7, 11) is 0. The molecule has 1 aliphatic rings. The molecule has 0 saturated heterocycles. The lowest BCUT2D eigenvalue weighted by molar-refractivity contribution is -0.131. The number of nitrogens with one attached hydrogen (secondary N) is 2. The molecule has 1 atom stereocenters. The maximum absolute atomic E-state index is 12.3. The van der Waals surface area contributed by atoms with Crippen molar-refractivity contribution in [2.45, 2.75) is 6.10 Å². The van der Waals surface area contributed by atoms with E-state index >= 15 is 0 Å². The van der Waals surface area contributed by atoms with Gasteiger partial charge in [-0.25, -0.2) is 4.79 Å². The Balaban J connectivity index is 1.77. The Bertz CT molecular complexity index is 861. The van der Waals surface area contributed by atoms with Crippen molar-refractivity contribution in [1.29, 1.82) is 0 Å². The number of fused-ring (bicyclic) bond motifs is 1. The third-order valence-electron chi connectivity index (χ3n) is 3.47. The Morgan fingerprint density at radius 3 is 2.60 bits per heavy atom. The summed E-state index contributed by atoms with van der Waals surface area (Å²) in [5.74, 6) is -1.64. The molecule has 7 heteroatoms. The second-order valence-electron chi connectivity index (χ2n) is 5.27. The first-order valence-corrected chi connectivity index (χ1v) is 7.41. The molecule has 25 heavy (non-hydrogen) atoms. The summed E-state index contributed by atoms with van der Waals surface area (Å²) in [6.45, 7) is 0. The molecule has 3 rings (SSSR count). The lowest BCUT2D eigenvalue weighted by Gasteiger charge is -2.26. The van der Waals surface area contributed by atoms with E-state index in [1.807, 2.05) is 18.2 Å². The van der Waals surface area contributed by atoms with Gasteiger partial charge in [-0.05, 0) is 18.2 Å². The quantitative estimate of drug-likeness (QED) is 0.742. The van der Waals surface area contributed by atoms with Crippen LogP contribution in [0.2, 0.25) is 0 Å². The minimum Gasteiger partial charge on any atom is -0.478 e. The predicted octanol–water partition coefficient (Wildman–Crippen LogP) is 2.34. The van der Waals surface area contributed by atoms with E-state index in [-0.39, 0.29) is 5.91 Å². The Morgan fingerprint density at radius 2 is 1.88 bits per heavy atom. The highest BCUT2D eigenvalue weighted by molar-refractivity contribution is 6.03. The van der Waals surface area contributed by atoms with Crippen LogP contribution in [-0.4, -0.2) is 22.9 Å². The van der Waals surface area contributed by atoms with Crippen LogP contribution in [0.25, 0.3) is 0 Å². The van der Waals surface area contributed by atoms with Crippen molar-refractivity contribution < 1.29 is 24.2 Å². The van der Waals surface area contributed by atoms with Crippen molar-refractivity contribution >= 4 is 29.2 Å². The van der Waals surface area contributed by atoms with Crippen LogP contribution in [0.3, 0.4) is 0 Å². The molecule has 0 bridgehead atoms. The van der Waals surface area contributed by atoms with Gasteiger partial charge < -0.3 is 20.5 Å². The maximum atomic E-state index is 12.3. The van der Waals surface area contributed by atoms with E-state index < -0.39 is 18.0 Å². The molecule has 2 aromatic carbocycles. The van der Waals surface area contributed by atoms with Crippen LogP contribution >= 0.6 is 0 Å². The van der Waals surface area contributed by atoms with Gasteiger partial charge in [-0.2, -0.15) is 0 Å². The summed E-state index contributed by atoms with van der Waals surface area (Å²) in [6, 6.07) is 13.9. The molecule has 0 radical (unpaired) electrons. The zero-order valence-electron chi connectivity index (χ0n) is 12.9. The molecule has 2 aromatic rings. The Labute approximate surface area is 142 Å². The molecule has 1 aliphatic heterocycles. The third kappa shape index (κ3) is 3.84.